The molecule has 0 aromatic carbocycles. The van der Waals surface area contributed by atoms with E-state index in [2.05, 4.69) is 17.1 Å². The van der Waals surface area contributed by atoms with Gasteiger partial charge in [0.15, 0.2) is 0 Å². The summed E-state index contributed by atoms with van der Waals surface area (Å²) >= 11 is 1.29. The zero-order valence-electron chi connectivity index (χ0n) is 15.0. The van der Waals surface area contributed by atoms with Crippen LogP contribution in [0, 0.1) is 5.92 Å². The van der Waals surface area contributed by atoms with Gasteiger partial charge in [-0.05, 0) is 38.5 Å². The molecule has 3 aliphatic rings. The van der Waals surface area contributed by atoms with E-state index in [-0.39, 0.29) is 18.0 Å². The van der Waals surface area contributed by atoms with Crippen molar-refractivity contribution in [3.63, 3.8) is 0 Å². The molecule has 0 bridgehead atoms. The third kappa shape index (κ3) is 3.44. The summed E-state index contributed by atoms with van der Waals surface area (Å²) in [7, 11) is 0. The van der Waals surface area contributed by atoms with E-state index in [1.807, 2.05) is 6.92 Å². The standard InChI is InChI=1S/C17H30N2O5S/c1-4-9-5-6-19-8(2)11(18-16(23)10(19)7-9)15-13(21)12(20)14(22)17(24-15)25-3/h8-15,17,20-22H,4-7H2,1-3H3,(H,18,23). The molecule has 9 atom stereocenters. The fraction of sp³-hybridized carbons (Fsp3) is 0.941. The molecule has 0 aromatic heterocycles. The van der Waals surface area contributed by atoms with Crippen LogP contribution in [0.25, 0.3) is 0 Å². The lowest BCUT2D eigenvalue weighted by atomic mass is 9.82. The summed E-state index contributed by atoms with van der Waals surface area (Å²) < 4.78 is 5.87. The summed E-state index contributed by atoms with van der Waals surface area (Å²) in [6.07, 6.45) is 0.370. The van der Waals surface area contributed by atoms with E-state index >= 15 is 0 Å². The fourth-order valence-corrected chi connectivity index (χ4v) is 5.16. The Labute approximate surface area is 153 Å². The van der Waals surface area contributed by atoms with Crippen molar-refractivity contribution in [1.29, 1.82) is 0 Å². The summed E-state index contributed by atoms with van der Waals surface area (Å²) in [5, 5.41) is 33.7. The minimum absolute atomic E-state index is 0.00916. The minimum atomic E-state index is -1.29. The molecule has 0 radical (unpaired) electrons. The SMILES string of the molecule is CCC1CCN2C(C1)C(=O)NC(C1OC(SC)C(O)C(O)C1O)C2C. The van der Waals surface area contributed by atoms with Crippen LogP contribution >= 0.6 is 11.8 Å². The number of rotatable bonds is 3. The number of hydrogen-bond acceptors (Lipinski definition) is 7. The van der Waals surface area contributed by atoms with Crippen LogP contribution in [0.5, 0.6) is 0 Å². The average Bonchev–Trinajstić information content (AvgIpc) is 2.63. The lowest BCUT2D eigenvalue weighted by Crippen LogP contribution is -2.73. The van der Waals surface area contributed by atoms with Crippen molar-refractivity contribution in [3.05, 3.63) is 0 Å². The number of nitrogens with one attached hydrogen (secondary N) is 1. The number of fused-ring (bicyclic) bond motifs is 1. The van der Waals surface area contributed by atoms with E-state index < -0.39 is 35.9 Å². The molecule has 8 heteroatoms. The van der Waals surface area contributed by atoms with Crippen LogP contribution in [0.15, 0.2) is 0 Å². The molecular weight excluding hydrogens is 344 g/mol. The van der Waals surface area contributed by atoms with Crippen molar-refractivity contribution in [2.24, 2.45) is 5.92 Å². The second-order valence-corrected chi connectivity index (χ2v) is 8.44. The number of aliphatic hydroxyl groups is 3. The Bertz CT molecular complexity index is 494. The van der Waals surface area contributed by atoms with Crippen molar-refractivity contribution >= 4 is 17.7 Å². The molecule has 3 heterocycles. The van der Waals surface area contributed by atoms with Gasteiger partial charge in [-0.3, -0.25) is 9.69 Å². The van der Waals surface area contributed by atoms with Gasteiger partial charge in [0.1, 0.15) is 29.9 Å². The number of aliphatic hydroxyl groups excluding tert-OH is 3. The number of thioether (sulfide) groups is 1. The smallest absolute Gasteiger partial charge is 0.237 e. The first-order valence-electron chi connectivity index (χ1n) is 9.17. The Morgan fingerprint density at radius 2 is 2.00 bits per heavy atom. The lowest BCUT2D eigenvalue weighted by Gasteiger charge is -2.52. The molecule has 3 aliphatic heterocycles. The Morgan fingerprint density at radius 1 is 1.28 bits per heavy atom. The number of nitrogens with zero attached hydrogens (tertiary/aromatic N) is 1. The Kier molecular flexibility index (Phi) is 5.97. The Morgan fingerprint density at radius 3 is 2.64 bits per heavy atom. The zero-order chi connectivity index (χ0) is 18.3. The van der Waals surface area contributed by atoms with Gasteiger partial charge in [-0.25, -0.2) is 0 Å². The van der Waals surface area contributed by atoms with Gasteiger partial charge >= 0.3 is 0 Å². The molecule has 1 amide bonds. The van der Waals surface area contributed by atoms with Crippen LogP contribution in [-0.4, -0.2) is 86.9 Å². The summed E-state index contributed by atoms with van der Waals surface area (Å²) in [5.41, 5.74) is -0.629. The molecule has 0 aromatic rings. The first-order chi connectivity index (χ1) is 11.9. The van der Waals surface area contributed by atoms with Crippen LogP contribution in [0.3, 0.4) is 0 Å². The molecule has 3 saturated heterocycles. The number of amides is 1. The van der Waals surface area contributed by atoms with E-state index in [1.165, 1.54) is 11.8 Å². The van der Waals surface area contributed by atoms with Crippen molar-refractivity contribution in [1.82, 2.24) is 10.2 Å². The maximum Gasteiger partial charge on any atom is 0.237 e. The number of ether oxygens (including phenoxy) is 1. The third-order valence-electron chi connectivity index (χ3n) is 6.18. The maximum absolute atomic E-state index is 12.7. The largest absolute Gasteiger partial charge is 0.388 e. The maximum atomic E-state index is 12.7. The first kappa shape index (κ1) is 19.4. The monoisotopic (exact) mass is 374 g/mol. The minimum Gasteiger partial charge on any atom is -0.388 e. The van der Waals surface area contributed by atoms with Crippen molar-refractivity contribution in [2.45, 2.75) is 81.1 Å². The molecule has 0 saturated carbocycles. The molecule has 0 aliphatic carbocycles. The van der Waals surface area contributed by atoms with Gasteiger partial charge < -0.3 is 25.4 Å². The second kappa shape index (κ2) is 7.70. The fourth-order valence-electron chi connectivity index (χ4n) is 4.48. The lowest BCUT2D eigenvalue weighted by molar-refractivity contribution is -0.213. The van der Waals surface area contributed by atoms with E-state index in [1.54, 1.807) is 6.26 Å². The van der Waals surface area contributed by atoms with Crippen molar-refractivity contribution < 1.29 is 24.9 Å². The molecule has 9 unspecified atom stereocenters. The molecule has 7 nitrogen and oxygen atoms in total. The Hall–Kier alpha value is -0.380. The second-order valence-electron chi connectivity index (χ2n) is 7.50. The number of carbonyl (C=O) groups is 1. The highest BCUT2D eigenvalue weighted by Crippen LogP contribution is 2.35. The molecule has 3 fully saturated rings. The predicted molar refractivity (Wildman–Crippen MR) is 95.1 cm³/mol. The molecule has 4 N–H and O–H groups in total. The van der Waals surface area contributed by atoms with Gasteiger partial charge in [0.2, 0.25) is 5.91 Å². The highest BCUT2D eigenvalue weighted by Gasteiger charge is 2.52. The van der Waals surface area contributed by atoms with Gasteiger partial charge in [0, 0.05) is 6.04 Å². The number of piperidine rings is 1. The van der Waals surface area contributed by atoms with E-state index in [0.717, 1.165) is 25.8 Å². The highest BCUT2D eigenvalue weighted by atomic mass is 32.2. The molecular formula is C17H30N2O5S. The van der Waals surface area contributed by atoms with Crippen LogP contribution in [0.1, 0.15) is 33.1 Å². The van der Waals surface area contributed by atoms with Gasteiger partial charge in [0.05, 0.1) is 12.1 Å². The summed E-state index contributed by atoms with van der Waals surface area (Å²) in [6.45, 7) is 5.05. The third-order valence-corrected chi connectivity index (χ3v) is 7.03. The number of piperazine rings is 1. The normalized spacial score (nSPS) is 48.7. The van der Waals surface area contributed by atoms with Gasteiger partial charge in [-0.15, -0.1) is 11.8 Å². The topological polar surface area (TPSA) is 102 Å². The molecule has 25 heavy (non-hydrogen) atoms. The average molecular weight is 375 g/mol. The van der Waals surface area contributed by atoms with E-state index in [9.17, 15) is 20.1 Å². The molecule has 3 rings (SSSR count). The zero-order valence-corrected chi connectivity index (χ0v) is 15.9. The van der Waals surface area contributed by atoms with Crippen LogP contribution in [0.2, 0.25) is 0 Å². The predicted octanol–water partition coefficient (Wildman–Crippen LogP) is -0.465. The van der Waals surface area contributed by atoms with Gasteiger partial charge in [0.25, 0.3) is 0 Å². The molecule has 144 valence electrons. The number of carbonyl (C=O) groups excluding carboxylic acids is 1. The first-order valence-corrected chi connectivity index (χ1v) is 10.5. The van der Waals surface area contributed by atoms with Crippen molar-refractivity contribution in [2.75, 3.05) is 12.8 Å². The van der Waals surface area contributed by atoms with Crippen LogP contribution in [-0.2, 0) is 9.53 Å². The van der Waals surface area contributed by atoms with E-state index in [4.69, 9.17) is 4.74 Å². The summed E-state index contributed by atoms with van der Waals surface area (Å²) in [4.78, 5) is 14.9. The quantitative estimate of drug-likeness (QED) is 0.530. The van der Waals surface area contributed by atoms with Crippen LogP contribution < -0.4 is 5.32 Å². The molecule has 0 spiro atoms. The summed E-state index contributed by atoms with van der Waals surface area (Å²) in [5.74, 6) is 0.545. The Balaban J connectivity index is 1.78. The number of hydrogen-bond donors (Lipinski definition) is 4. The summed E-state index contributed by atoms with van der Waals surface area (Å²) in [6, 6.07) is -0.559. The van der Waals surface area contributed by atoms with Crippen molar-refractivity contribution in [3.8, 4) is 0 Å². The van der Waals surface area contributed by atoms with Crippen LogP contribution in [0.4, 0.5) is 0 Å². The highest BCUT2D eigenvalue weighted by molar-refractivity contribution is 7.99. The van der Waals surface area contributed by atoms with Gasteiger partial charge in [-0.2, -0.15) is 0 Å². The van der Waals surface area contributed by atoms with E-state index in [0.29, 0.717) is 5.92 Å². The van der Waals surface area contributed by atoms with Gasteiger partial charge in [-0.1, -0.05) is 13.3 Å².